The Labute approximate surface area is 87.9 Å². The van der Waals surface area contributed by atoms with Crippen LogP contribution >= 0.6 is 0 Å². The predicted molar refractivity (Wildman–Crippen MR) is 54.6 cm³/mol. The lowest BCUT2D eigenvalue weighted by molar-refractivity contribution is 0.362. The van der Waals surface area contributed by atoms with Gasteiger partial charge >= 0.3 is 0 Å². The largest absolute Gasteiger partial charge is 0.504 e. The molecule has 4 heteroatoms. The molecule has 0 unspecified atom stereocenters. The van der Waals surface area contributed by atoms with E-state index in [0.29, 0.717) is 11.3 Å². The Morgan fingerprint density at radius 2 is 2.33 bits per heavy atom. The Hall–Kier alpha value is -1.29. The van der Waals surface area contributed by atoms with Crippen molar-refractivity contribution < 1.29 is 14.2 Å². The summed E-state index contributed by atoms with van der Waals surface area (Å²) in [5, 5.41) is 13.0. The zero-order valence-corrected chi connectivity index (χ0v) is 8.59. The lowest BCUT2D eigenvalue weighted by Gasteiger charge is -2.15. The van der Waals surface area contributed by atoms with Crippen molar-refractivity contribution in [2.45, 2.75) is 18.9 Å². The van der Waals surface area contributed by atoms with Gasteiger partial charge in [-0.3, -0.25) is 0 Å². The standard InChI is InChI=1S/C11H14FNO2/c1-15-9-5-4-7(12)10(11(9)14)8-3-2-6-13-8/h4-5,8,13-14H,2-3,6H2,1H3/t8-/m0/s1. The van der Waals surface area contributed by atoms with Crippen LogP contribution in [-0.2, 0) is 0 Å². The molecule has 2 rings (SSSR count). The van der Waals surface area contributed by atoms with E-state index in [9.17, 15) is 9.50 Å². The quantitative estimate of drug-likeness (QED) is 0.785. The number of phenolic OH excluding ortho intramolecular Hbond substituents is 1. The Morgan fingerprint density at radius 3 is 2.93 bits per heavy atom. The highest BCUT2D eigenvalue weighted by molar-refractivity contribution is 5.47. The monoisotopic (exact) mass is 211 g/mol. The third kappa shape index (κ3) is 1.77. The van der Waals surface area contributed by atoms with E-state index in [2.05, 4.69) is 5.32 Å². The summed E-state index contributed by atoms with van der Waals surface area (Å²) in [6, 6.07) is 2.66. The SMILES string of the molecule is COc1ccc(F)c([C@@H]2CCCN2)c1O. The zero-order valence-electron chi connectivity index (χ0n) is 8.59. The van der Waals surface area contributed by atoms with Gasteiger partial charge in [0.15, 0.2) is 11.5 Å². The van der Waals surface area contributed by atoms with Crippen molar-refractivity contribution in [2.24, 2.45) is 0 Å². The van der Waals surface area contributed by atoms with E-state index in [-0.39, 0.29) is 17.6 Å². The predicted octanol–water partition coefficient (Wildman–Crippen LogP) is 1.96. The summed E-state index contributed by atoms with van der Waals surface area (Å²) in [4.78, 5) is 0. The fourth-order valence-electron chi connectivity index (χ4n) is 1.99. The normalized spacial score (nSPS) is 20.5. The van der Waals surface area contributed by atoms with Crippen molar-refractivity contribution in [2.75, 3.05) is 13.7 Å². The van der Waals surface area contributed by atoms with Crippen LogP contribution in [0.4, 0.5) is 4.39 Å². The maximum Gasteiger partial charge on any atom is 0.165 e. The lowest BCUT2D eigenvalue weighted by Crippen LogP contribution is -2.14. The second-order valence-electron chi connectivity index (χ2n) is 3.66. The Morgan fingerprint density at radius 1 is 1.53 bits per heavy atom. The first-order chi connectivity index (χ1) is 7.24. The summed E-state index contributed by atoms with van der Waals surface area (Å²) in [7, 11) is 1.46. The second kappa shape index (κ2) is 4.06. The van der Waals surface area contributed by atoms with Crippen molar-refractivity contribution in [1.82, 2.24) is 5.32 Å². The minimum atomic E-state index is -0.382. The minimum Gasteiger partial charge on any atom is -0.504 e. The van der Waals surface area contributed by atoms with Crippen LogP contribution < -0.4 is 10.1 Å². The first-order valence-corrected chi connectivity index (χ1v) is 5.02. The van der Waals surface area contributed by atoms with Crippen molar-refractivity contribution in [3.63, 3.8) is 0 Å². The molecule has 0 amide bonds. The number of rotatable bonds is 2. The lowest BCUT2D eigenvalue weighted by atomic mass is 10.0. The molecule has 1 aromatic rings. The van der Waals surface area contributed by atoms with Gasteiger partial charge in [0.2, 0.25) is 0 Å². The van der Waals surface area contributed by atoms with E-state index >= 15 is 0 Å². The number of nitrogens with one attached hydrogen (secondary N) is 1. The van der Waals surface area contributed by atoms with Crippen molar-refractivity contribution in [3.8, 4) is 11.5 Å². The summed E-state index contributed by atoms with van der Waals surface area (Å²) < 4.78 is 18.5. The van der Waals surface area contributed by atoms with E-state index < -0.39 is 0 Å². The van der Waals surface area contributed by atoms with Crippen LogP contribution in [0.15, 0.2) is 12.1 Å². The number of hydrogen-bond donors (Lipinski definition) is 2. The molecule has 1 aromatic carbocycles. The highest BCUT2D eigenvalue weighted by Gasteiger charge is 2.24. The molecule has 1 aliphatic rings. The highest BCUT2D eigenvalue weighted by atomic mass is 19.1. The molecule has 0 aliphatic carbocycles. The molecule has 1 atom stereocenters. The van der Waals surface area contributed by atoms with Crippen LogP contribution in [0.3, 0.4) is 0 Å². The van der Waals surface area contributed by atoms with Gasteiger partial charge in [0, 0.05) is 6.04 Å². The van der Waals surface area contributed by atoms with E-state index in [1.54, 1.807) is 0 Å². The van der Waals surface area contributed by atoms with Gasteiger partial charge in [-0.15, -0.1) is 0 Å². The van der Waals surface area contributed by atoms with E-state index in [1.165, 1.54) is 19.2 Å². The van der Waals surface area contributed by atoms with Crippen molar-refractivity contribution in [3.05, 3.63) is 23.5 Å². The third-order valence-corrected chi connectivity index (χ3v) is 2.76. The number of methoxy groups -OCH3 is 1. The molecule has 3 nitrogen and oxygen atoms in total. The molecule has 15 heavy (non-hydrogen) atoms. The molecule has 2 N–H and O–H groups in total. The zero-order chi connectivity index (χ0) is 10.8. The number of halogens is 1. The van der Waals surface area contributed by atoms with Crippen LogP contribution in [0.2, 0.25) is 0 Å². The summed E-state index contributed by atoms with van der Waals surface area (Å²) in [5.74, 6) is -0.148. The average molecular weight is 211 g/mol. The third-order valence-electron chi connectivity index (χ3n) is 2.76. The van der Waals surface area contributed by atoms with Crippen LogP contribution in [0, 0.1) is 5.82 Å². The molecular weight excluding hydrogens is 197 g/mol. The maximum absolute atomic E-state index is 13.6. The Kier molecular flexibility index (Phi) is 2.77. The Bertz CT molecular complexity index is 362. The maximum atomic E-state index is 13.6. The van der Waals surface area contributed by atoms with E-state index in [0.717, 1.165) is 19.4 Å². The molecule has 1 fully saturated rings. The van der Waals surface area contributed by atoms with Gasteiger partial charge in [-0.05, 0) is 31.5 Å². The molecular formula is C11H14FNO2. The smallest absolute Gasteiger partial charge is 0.165 e. The molecule has 0 radical (unpaired) electrons. The van der Waals surface area contributed by atoms with Gasteiger partial charge < -0.3 is 15.2 Å². The molecule has 82 valence electrons. The van der Waals surface area contributed by atoms with Crippen molar-refractivity contribution in [1.29, 1.82) is 0 Å². The van der Waals surface area contributed by atoms with E-state index in [4.69, 9.17) is 4.74 Å². The van der Waals surface area contributed by atoms with Gasteiger partial charge in [-0.1, -0.05) is 0 Å². The van der Waals surface area contributed by atoms with E-state index in [1.807, 2.05) is 0 Å². The van der Waals surface area contributed by atoms with Crippen LogP contribution in [-0.4, -0.2) is 18.8 Å². The fourth-order valence-corrected chi connectivity index (χ4v) is 1.99. The molecule has 1 saturated heterocycles. The average Bonchev–Trinajstić information content (AvgIpc) is 2.71. The topological polar surface area (TPSA) is 41.5 Å². The molecule has 0 saturated carbocycles. The van der Waals surface area contributed by atoms with Crippen LogP contribution in [0.5, 0.6) is 11.5 Å². The number of ether oxygens (including phenoxy) is 1. The van der Waals surface area contributed by atoms with Gasteiger partial charge in [0.05, 0.1) is 12.7 Å². The molecule has 0 spiro atoms. The molecule has 1 aliphatic heterocycles. The molecule has 1 heterocycles. The van der Waals surface area contributed by atoms with Gasteiger partial charge in [0.1, 0.15) is 5.82 Å². The fraction of sp³-hybridized carbons (Fsp3) is 0.455. The summed E-state index contributed by atoms with van der Waals surface area (Å²) in [6.07, 6.45) is 1.85. The number of hydrogen-bond acceptors (Lipinski definition) is 3. The highest BCUT2D eigenvalue weighted by Crippen LogP contribution is 2.38. The number of benzene rings is 1. The minimum absolute atomic E-state index is 0.0862. The first kappa shape index (κ1) is 10.2. The molecule has 0 aromatic heterocycles. The van der Waals surface area contributed by atoms with Gasteiger partial charge in [-0.25, -0.2) is 4.39 Å². The molecule has 0 bridgehead atoms. The van der Waals surface area contributed by atoms with Crippen molar-refractivity contribution >= 4 is 0 Å². The van der Waals surface area contributed by atoms with Crippen LogP contribution in [0.1, 0.15) is 24.4 Å². The second-order valence-corrected chi connectivity index (χ2v) is 3.66. The van der Waals surface area contributed by atoms with Crippen LogP contribution in [0.25, 0.3) is 0 Å². The number of phenols is 1. The summed E-state index contributed by atoms with van der Waals surface area (Å²) >= 11 is 0. The number of aromatic hydroxyl groups is 1. The van der Waals surface area contributed by atoms with Gasteiger partial charge in [0.25, 0.3) is 0 Å². The first-order valence-electron chi connectivity index (χ1n) is 5.02. The van der Waals surface area contributed by atoms with Gasteiger partial charge in [-0.2, -0.15) is 0 Å². The summed E-state index contributed by atoms with van der Waals surface area (Å²) in [5.41, 5.74) is 0.326. The summed E-state index contributed by atoms with van der Waals surface area (Å²) in [6.45, 7) is 0.862. The Balaban J connectivity index is 2.43.